The molecule has 1 aliphatic heterocycles. The molecule has 0 bridgehead atoms. The molecule has 1 saturated heterocycles. The maximum atomic E-state index is 13.5. The Labute approximate surface area is 405 Å². The Balaban J connectivity index is 0.000000187. The minimum absolute atomic E-state index is 0.0626. The minimum atomic E-state index is -4.52. The topological polar surface area (TPSA) is 168 Å². The van der Waals surface area contributed by atoms with Crippen molar-refractivity contribution in [1.29, 1.82) is 0 Å². The lowest BCUT2D eigenvalue weighted by Gasteiger charge is -2.36. The monoisotopic (exact) mass is 1010 g/mol. The molecule has 2 unspecified atom stereocenters. The fourth-order valence-electron chi connectivity index (χ4n) is 8.79. The highest BCUT2D eigenvalue weighted by Crippen LogP contribution is 2.45. The number of hydrogen-bond donors (Lipinski definition) is 3. The number of aryl methyl sites for hydroxylation is 6. The molecule has 69 heavy (non-hydrogen) atoms. The van der Waals surface area contributed by atoms with E-state index in [-0.39, 0.29) is 43.1 Å². The van der Waals surface area contributed by atoms with Gasteiger partial charge in [-0.25, -0.2) is 14.6 Å². The third-order valence-electron chi connectivity index (χ3n) is 12.1. The summed E-state index contributed by atoms with van der Waals surface area (Å²) < 4.78 is 81.3. The number of H-pyrrole nitrogens is 1. The normalized spacial score (nSPS) is 14.9. The van der Waals surface area contributed by atoms with E-state index in [1.165, 1.54) is 23.0 Å². The molecule has 7 heterocycles. The Kier molecular flexibility index (Phi) is 13.2. The number of nitrogens with one attached hydrogen (secondary N) is 1. The molecule has 3 N–H and O–H groups in total. The van der Waals surface area contributed by atoms with Gasteiger partial charge >= 0.3 is 12.4 Å². The Morgan fingerprint density at radius 2 is 1.16 bits per heavy atom. The number of hydrogen-bond acceptors (Lipinski definition) is 11. The predicted molar refractivity (Wildman–Crippen MR) is 249 cm³/mol. The van der Waals surface area contributed by atoms with Gasteiger partial charge in [-0.3, -0.25) is 9.97 Å². The van der Waals surface area contributed by atoms with Crippen LogP contribution in [-0.2, 0) is 31.1 Å². The summed E-state index contributed by atoms with van der Waals surface area (Å²) in [6.07, 6.45) is -9.17. The quantitative estimate of drug-likeness (QED) is 0.0930. The lowest BCUT2D eigenvalue weighted by atomic mass is 9.81. The van der Waals surface area contributed by atoms with E-state index < -0.39 is 36.4 Å². The van der Waals surface area contributed by atoms with E-state index in [1.807, 2.05) is 18.7 Å². The second-order valence-electron chi connectivity index (χ2n) is 16.9. The van der Waals surface area contributed by atoms with Gasteiger partial charge in [0.05, 0.1) is 52.2 Å². The van der Waals surface area contributed by atoms with Gasteiger partial charge in [0, 0.05) is 75.9 Å². The average molecular weight is 1010 g/mol. The van der Waals surface area contributed by atoms with Crippen LogP contribution in [0.4, 0.5) is 32.0 Å². The third-order valence-corrected chi connectivity index (χ3v) is 13.2. The number of rotatable bonds is 9. The summed E-state index contributed by atoms with van der Waals surface area (Å²) in [6.45, 7) is 10.1. The number of alkyl halides is 6. The molecule has 0 saturated carbocycles. The molecule has 0 aliphatic carbocycles. The molecule has 1 aliphatic rings. The predicted octanol–water partition coefficient (Wildman–Crippen LogP) is 10.00. The smallest absolute Gasteiger partial charge is 0.374 e. The molecule has 9 rings (SSSR count). The van der Waals surface area contributed by atoms with Gasteiger partial charge in [0.25, 0.3) is 0 Å². The van der Waals surface area contributed by atoms with E-state index in [1.54, 1.807) is 76.3 Å². The fraction of sp³-hybridized carbons (Fsp3) is 0.319. The maximum absolute atomic E-state index is 13.5. The molecule has 13 nitrogen and oxygen atoms in total. The van der Waals surface area contributed by atoms with Crippen LogP contribution < -0.4 is 4.90 Å². The first-order valence-electron chi connectivity index (χ1n) is 21.3. The molecule has 22 heteroatoms. The molecule has 6 aromatic heterocycles. The molecule has 8 aromatic rings. The number of halogens is 9. The lowest BCUT2D eigenvalue weighted by molar-refractivity contribution is -0.128. The summed E-state index contributed by atoms with van der Waals surface area (Å²) in [7, 11) is 1.67. The highest BCUT2D eigenvalue weighted by Gasteiger charge is 2.42. The van der Waals surface area contributed by atoms with E-state index in [9.17, 15) is 36.6 Å². The Morgan fingerprint density at radius 1 is 0.638 bits per heavy atom. The van der Waals surface area contributed by atoms with Crippen LogP contribution in [0.5, 0.6) is 0 Å². The van der Waals surface area contributed by atoms with E-state index in [4.69, 9.17) is 34.8 Å². The van der Waals surface area contributed by atoms with Crippen LogP contribution in [0.3, 0.4) is 0 Å². The average Bonchev–Trinajstić information content (AvgIpc) is 3.89. The van der Waals surface area contributed by atoms with E-state index in [0.29, 0.717) is 74.7 Å². The molecule has 360 valence electrons. The third kappa shape index (κ3) is 9.41. The SMILES string of the molecule is Cc1ccc(C(O)(c2ccc3nc(Cl)c(CC(F)(F)F)c(Cl)c3c2)c2n[nH]nc2C)c(C)n1.Cc1ccc(C(O)(c2ccc3nc(Cl)c(CC(F)(F)F)c(N4CCC4)c3c2)c2cnnn2C)c(C)n1. The molecule has 1 fully saturated rings. The van der Waals surface area contributed by atoms with Crippen molar-refractivity contribution in [2.45, 2.75) is 77.4 Å². The zero-order chi connectivity index (χ0) is 50.0. The largest absolute Gasteiger partial charge is 0.393 e. The van der Waals surface area contributed by atoms with Gasteiger partial charge in [0.2, 0.25) is 0 Å². The number of pyridine rings is 4. The minimum Gasteiger partial charge on any atom is -0.374 e. The van der Waals surface area contributed by atoms with Crippen LogP contribution in [0.15, 0.2) is 66.9 Å². The van der Waals surface area contributed by atoms with E-state index in [2.05, 4.69) is 45.7 Å². The zero-order valence-corrected chi connectivity index (χ0v) is 39.9. The summed E-state index contributed by atoms with van der Waals surface area (Å²) in [5.41, 5.74) is 2.65. The number of aromatic amines is 1. The van der Waals surface area contributed by atoms with Crippen molar-refractivity contribution >= 4 is 62.3 Å². The Bertz CT molecular complexity index is 3270. The molecule has 2 aromatic carbocycles. The molecular weight excluding hydrogens is 971 g/mol. The number of aliphatic hydroxyl groups is 2. The van der Waals surface area contributed by atoms with E-state index in [0.717, 1.165) is 17.8 Å². The summed E-state index contributed by atoms with van der Waals surface area (Å²) in [5.74, 6) is 0. The number of anilines is 1. The number of benzene rings is 2. The van der Waals surface area contributed by atoms with Crippen LogP contribution in [0, 0.1) is 34.6 Å². The Morgan fingerprint density at radius 3 is 1.65 bits per heavy atom. The van der Waals surface area contributed by atoms with Crippen LogP contribution in [0.1, 0.15) is 79.7 Å². The number of fused-ring (bicyclic) bond motifs is 2. The van der Waals surface area contributed by atoms with Crippen molar-refractivity contribution in [3.8, 4) is 0 Å². The first-order chi connectivity index (χ1) is 32.4. The summed E-state index contributed by atoms with van der Waals surface area (Å²) in [4.78, 5) is 19.2. The van der Waals surface area contributed by atoms with Gasteiger partial charge in [0.15, 0.2) is 11.2 Å². The zero-order valence-electron chi connectivity index (χ0n) is 37.7. The summed E-state index contributed by atoms with van der Waals surface area (Å²) >= 11 is 18.7. The fourth-order valence-corrected chi connectivity index (χ4v) is 9.65. The molecule has 0 spiro atoms. The van der Waals surface area contributed by atoms with Crippen molar-refractivity contribution in [2.24, 2.45) is 7.05 Å². The maximum Gasteiger partial charge on any atom is 0.393 e. The van der Waals surface area contributed by atoms with Crippen molar-refractivity contribution in [3.63, 3.8) is 0 Å². The van der Waals surface area contributed by atoms with Crippen LogP contribution >= 0.6 is 34.8 Å². The van der Waals surface area contributed by atoms with Gasteiger partial charge in [-0.15, -0.1) is 5.10 Å². The second-order valence-corrected chi connectivity index (χ2v) is 18.0. The van der Waals surface area contributed by atoms with Crippen molar-refractivity contribution < 1.29 is 36.6 Å². The van der Waals surface area contributed by atoms with Crippen LogP contribution in [-0.4, -0.2) is 86.0 Å². The van der Waals surface area contributed by atoms with Gasteiger partial charge in [0.1, 0.15) is 16.0 Å². The number of aromatic nitrogens is 10. The molecule has 0 amide bonds. The Hall–Kier alpha value is -5.99. The van der Waals surface area contributed by atoms with Crippen molar-refractivity contribution in [3.05, 3.63) is 155 Å². The summed E-state index contributed by atoms with van der Waals surface area (Å²) in [6, 6.07) is 16.8. The highest BCUT2D eigenvalue weighted by molar-refractivity contribution is 6.39. The van der Waals surface area contributed by atoms with Crippen molar-refractivity contribution in [2.75, 3.05) is 18.0 Å². The number of nitrogens with zero attached hydrogens (tertiary/aromatic N) is 10. The molecular formula is C47H42Cl3F6N11O2. The first kappa shape index (κ1) is 49.4. The lowest BCUT2D eigenvalue weighted by Crippen LogP contribution is -2.38. The van der Waals surface area contributed by atoms with Gasteiger partial charge in [-0.1, -0.05) is 64.3 Å². The van der Waals surface area contributed by atoms with Gasteiger partial charge < -0.3 is 15.1 Å². The van der Waals surface area contributed by atoms with Crippen LogP contribution in [0.25, 0.3) is 21.8 Å². The first-order valence-corrected chi connectivity index (χ1v) is 22.4. The van der Waals surface area contributed by atoms with Crippen molar-refractivity contribution in [1.82, 2.24) is 50.3 Å². The van der Waals surface area contributed by atoms with Gasteiger partial charge in [-0.05, 0) is 88.6 Å². The highest BCUT2D eigenvalue weighted by atomic mass is 35.5. The summed E-state index contributed by atoms with van der Waals surface area (Å²) in [5, 5.41) is 43.1. The standard InChI is InChI=1S/C25H24ClF3N6O.C22H18Cl2F3N5O/c1-14-5-7-19(15(2)31-14)25(36,21-13-30-33-34(21)3)16-6-8-20-17(11-16)22(35-9-4-10-35)18(23(26)32-20)12-24(27,28)29;1-10-4-6-16(11(2)28-10)22(33,19-12(3)30-32-31-19)13-5-7-17-14(8-13)18(23)15(20(24)29-17)9-21(25,26)27/h5-8,11,13,36H,4,9-10,12H2,1-3H3;4-8,33H,9H2,1-3H3,(H,30,31,32). The molecule has 0 radical (unpaired) electrons. The second kappa shape index (κ2) is 18.4. The van der Waals surface area contributed by atoms with E-state index >= 15 is 0 Å². The molecule has 2 atom stereocenters. The van der Waals surface area contributed by atoms with Crippen LogP contribution in [0.2, 0.25) is 15.3 Å². The van der Waals surface area contributed by atoms with Gasteiger partial charge in [-0.2, -0.15) is 41.8 Å².